The molecule has 0 unspecified atom stereocenters. The summed E-state index contributed by atoms with van der Waals surface area (Å²) >= 11 is 0. The minimum atomic E-state index is -3.69. The van der Waals surface area contributed by atoms with Crippen LogP contribution in [0.15, 0.2) is 41.3 Å². The van der Waals surface area contributed by atoms with E-state index in [4.69, 9.17) is 9.47 Å². The van der Waals surface area contributed by atoms with Crippen LogP contribution in [0.25, 0.3) is 0 Å². The van der Waals surface area contributed by atoms with Gasteiger partial charge in [-0.15, -0.1) is 0 Å². The maximum atomic E-state index is 13.2. The molecule has 174 valence electrons. The van der Waals surface area contributed by atoms with Crippen molar-refractivity contribution in [2.45, 2.75) is 56.5 Å². The largest absolute Gasteiger partial charge is 0.493 e. The summed E-state index contributed by atoms with van der Waals surface area (Å²) in [6.07, 6.45) is 4.92. The smallest absolute Gasteiger partial charge is 0.254 e. The lowest BCUT2D eigenvalue weighted by atomic mass is 9.96. The van der Waals surface area contributed by atoms with Crippen LogP contribution in [0.1, 0.15) is 53.6 Å². The van der Waals surface area contributed by atoms with Gasteiger partial charge in [0.15, 0.2) is 11.5 Å². The number of nitrogens with one attached hydrogen (secondary N) is 1. The fourth-order valence-corrected chi connectivity index (χ4v) is 5.37. The highest BCUT2D eigenvalue weighted by Crippen LogP contribution is 2.28. The molecule has 1 aliphatic rings. The van der Waals surface area contributed by atoms with Crippen LogP contribution in [0, 0.1) is 6.92 Å². The van der Waals surface area contributed by atoms with Gasteiger partial charge in [0.2, 0.25) is 10.0 Å². The minimum Gasteiger partial charge on any atom is -0.493 e. The van der Waals surface area contributed by atoms with Crippen molar-refractivity contribution >= 4 is 15.9 Å². The molecule has 8 heteroatoms. The van der Waals surface area contributed by atoms with Gasteiger partial charge in [0, 0.05) is 25.2 Å². The molecule has 2 aromatic carbocycles. The molecule has 2 aromatic rings. The van der Waals surface area contributed by atoms with Gasteiger partial charge in [-0.25, -0.2) is 13.1 Å². The van der Waals surface area contributed by atoms with E-state index in [0.717, 1.165) is 43.2 Å². The summed E-state index contributed by atoms with van der Waals surface area (Å²) in [6.45, 7) is 2.15. The number of amides is 1. The zero-order valence-electron chi connectivity index (χ0n) is 19.2. The zero-order valence-corrected chi connectivity index (χ0v) is 20.0. The van der Waals surface area contributed by atoms with E-state index in [0.29, 0.717) is 23.6 Å². The number of carbonyl (C=O) groups excluding carboxylic acids is 1. The second kappa shape index (κ2) is 10.4. The molecule has 1 fully saturated rings. The molecule has 0 heterocycles. The molecule has 7 nitrogen and oxygen atoms in total. The summed E-state index contributed by atoms with van der Waals surface area (Å²) in [5.41, 5.74) is 1.98. The number of sulfonamides is 1. The van der Waals surface area contributed by atoms with Crippen molar-refractivity contribution in [3.63, 3.8) is 0 Å². The number of benzene rings is 2. The van der Waals surface area contributed by atoms with Crippen molar-refractivity contribution in [1.29, 1.82) is 0 Å². The summed E-state index contributed by atoms with van der Waals surface area (Å²) in [6, 6.07) is 10.2. The molecular weight excluding hydrogens is 428 g/mol. The van der Waals surface area contributed by atoms with Crippen molar-refractivity contribution in [3.05, 3.63) is 53.1 Å². The Kier molecular flexibility index (Phi) is 7.79. The molecule has 1 N–H and O–H groups in total. The number of carbonyl (C=O) groups is 1. The molecule has 3 rings (SSSR count). The number of aryl methyl sites for hydroxylation is 1. The van der Waals surface area contributed by atoms with Crippen molar-refractivity contribution in [1.82, 2.24) is 9.62 Å². The second-order valence-electron chi connectivity index (χ2n) is 8.28. The Labute approximate surface area is 190 Å². The third kappa shape index (κ3) is 5.61. The number of ether oxygens (including phenoxy) is 2. The molecule has 0 saturated heterocycles. The maximum Gasteiger partial charge on any atom is 0.254 e. The lowest BCUT2D eigenvalue weighted by Crippen LogP contribution is -2.36. The zero-order chi connectivity index (χ0) is 23.3. The van der Waals surface area contributed by atoms with Crippen LogP contribution in [0.5, 0.6) is 11.5 Å². The SMILES string of the molecule is COc1ccc(CN(C)C(=O)c2cc(S(=O)(=O)NC3CCCCC3)ccc2C)cc1OC. The van der Waals surface area contributed by atoms with E-state index in [1.807, 2.05) is 19.1 Å². The molecule has 1 amide bonds. The van der Waals surface area contributed by atoms with Gasteiger partial charge >= 0.3 is 0 Å². The summed E-state index contributed by atoms with van der Waals surface area (Å²) in [5.74, 6) is 0.959. The van der Waals surface area contributed by atoms with E-state index < -0.39 is 10.0 Å². The first-order valence-electron chi connectivity index (χ1n) is 10.8. The molecule has 0 spiro atoms. The van der Waals surface area contributed by atoms with Crippen molar-refractivity contribution in [3.8, 4) is 11.5 Å². The van der Waals surface area contributed by atoms with Gasteiger partial charge in [-0.3, -0.25) is 4.79 Å². The van der Waals surface area contributed by atoms with Crippen LogP contribution in [0.4, 0.5) is 0 Å². The van der Waals surface area contributed by atoms with Crippen LogP contribution in [0.2, 0.25) is 0 Å². The number of hydrogen-bond donors (Lipinski definition) is 1. The van der Waals surface area contributed by atoms with Gasteiger partial charge < -0.3 is 14.4 Å². The van der Waals surface area contributed by atoms with E-state index in [1.165, 1.54) is 6.07 Å². The number of rotatable bonds is 8. The summed E-state index contributed by atoms with van der Waals surface area (Å²) in [5, 5.41) is 0. The Hall–Kier alpha value is -2.58. The maximum absolute atomic E-state index is 13.2. The van der Waals surface area contributed by atoms with Gasteiger partial charge in [-0.05, 0) is 55.2 Å². The predicted octanol–water partition coefficient (Wildman–Crippen LogP) is 3.90. The first-order valence-corrected chi connectivity index (χ1v) is 12.3. The fraction of sp³-hybridized carbons (Fsp3) is 0.458. The Morgan fingerprint density at radius 2 is 1.72 bits per heavy atom. The molecule has 0 radical (unpaired) electrons. The van der Waals surface area contributed by atoms with Crippen LogP contribution >= 0.6 is 0 Å². The monoisotopic (exact) mass is 460 g/mol. The Balaban J connectivity index is 1.78. The third-order valence-corrected chi connectivity index (χ3v) is 7.41. The highest BCUT2D eigenvalue weighted by Gasteiger charge is 2.24. The van der Waals surface area contributed by atoms with E-state index in [1.54, 1.807) is 44.4 Å². The van der Waals surface area contributed by atoms with Crippen molar-refractivity contribution < 1.29 is 22.7 Å². The molecule has 0 atom stereocenters. The quantitative estimate of drug-likeness (QED) is 0.646. The Bertz CT molecular complexity index is 1060. The molecular formula is C24H32N2O5S. The van der Waals surface area contributed by atoms with E-state index >= 15 is 0 Å². The Morgan fingerprint density at radius 1 is 1.03 bits per heavy atom. The normalized spacial score (nSPS) is 14.8. The van der Waals surface area contributed by atoms with Crippen LogP contribution in [-0.2, 0) is 16.6 Å². The van der Waals surface area contributed by atoms with E-state index in [2.05, 4.69) is 4.72 Å². The topological polar surface area (TPSA) is 84.9 Å². The molecule has 1 saturated carbocycles. The number of hydrogen-bond acceptors (Lipinski definition) is 5. The average Bonchev–Trinajstić information content (AvgIpc) is 2.79. The lowest BCUT2D eigenvalue weighted by Gasteiger charge is -2.23. The summed E-state index contributed by atoms with van der Waals surface area (Å²) in [7, 11) is 1.14. The summed E-state index contributed by atoms with van der Waals surface area (Å²) in [4.78, 5) is 14.9. The fourth-order valence-electron chi connectivity index (χ4n) is 4.04. The third-order valence-electron chi connectivity index (χ3n) is 5.89. The molecule has 1 aliphatic carbocycles. The van der Waals surface area contributed by atoms with Gasteiger partial charge in [-0.2, -0.15) is 0 Å². The van der Waals surface area contributed by atoms with Crippen LogP contribution < -0.4 is 14.2 Å². The van der Waals surface area contributed by atoms with Crippen molar-refractivity contribution in [2.75, 3.05) is 21.3 Å². The number of methoxy groups -OCH3 is 2. The first-order chi connectivity index (χ1) is 15.2. The van der Waals surface area contributed by atoms with Gasteiger partial charge in [-0.1, -0.05) is 31.4 Å². The van der Waals surface area contributed by atoms with Crippen LogP contribution in [-0.4, -0.2) is 46.5 Å². The van der Waals surface area contributed by atoms with E-state index in [-0.39, 0.29) is 16.8 Å². The minimum absolute atomic E-state index is 0.0399. The number of nitrogens with zero attached hydrogens (tertiary/aromatic N) is 1. The average molecular weight is 461 g/mol. The Morgan fingerprint density at radius 3 is 2.38 bits per heavy atom. The van der Waals surface area contributed by atoms with Gasteiger partial charge in [0.05, 0.1) is 19.1 Å². The molecule has 0 aromatic heterocycles. The van der Waals surface area contributed by atoms with E-state index in [9.17, 15) is 13.2 Å². The van der Waals surface area contributed by atoms with Crippen LogP contribution in [0.3, 0.4) is 0 Å². The second-order valence-corrected chi connectivity index (χ2v) is 10.00. The molecule has 0 bridgehead atoms. The first kappa shape index (κ1) is 24.1. The van der Waals surface area contributed by atoms with Gasteiger partial charge in [0.25, 0.3) is 5.91 Å². The highest BCUT2D eigenvalue weighted by atomic mass is 32.2. The van der Waals surface area contributed by atoms with Crippen molar-refractivity contribution in [2.24, 2.45) is 0 Å². The highest BCUT2D eigenvalue weighted by molar-refractivity contribution is 7.89. The molecule has 0 aliphatic heterocycles. The molecule has 32 heavy (non-hydrogen) atoms. The van der Waals surface area contributed by atoms with Gasteiger partial charge in [0.1, 0.15) is 0 Å². The predicted molar refractivity (Wildman–Crippen MR) is 124 cm³/mol. The standard InChI is InChI=1S/C24H32N2O5S/c1-17-10-12-20(32(28,29)25-19-8-6-5-7-9-19)15-21(17)24(27)26(2)16-18-11-13-22(30-3)23(14-18)31-4/h10-15,19,25H,5-9,16H2,1-4H3. The summed E-state index contributed by atoms with van der Waals surface area (Å²) < 4.78 is 39.2. The lowest BCUT2D eigenvalue weighted by molar-refractivity contribution is 0.0784.